The van der Waals surface area contributed by atoms with Gasteiger partial charge in [0, 0.05) is 6.54 Å². The topological polar surface area (TPSA) is 37.8 Å². The van der Waals surface area contributed by atoms with E-state index in [4.69, 9.17) is 0 Å². The average molecular weight is 178 g/mol. The van der Waals surface area contributed by atoms with E-state index in [0.29, 0.717) is 5.95 Å². The van der Waals surface area contributed by atoms with Gasteiger partial charge in [0.25, 0.3) is 0 Å². The SMILES string of the molecule is CCNc1ncc(F)cn1.Cl. The first-order valence-corrected chi connectivity index (χ1v) is 3.04. The largest absolute Gasteiger partial charge is 0.355 e. The molecule has 0 aliphatic carbocycles. The van der Waals surface area contributed by atoms with Crippen LogP contribution in [0.15, 0.2) is 12.4 Å². The van der Waals surface area contributed by atoms with Gasteiger partial charge in [0.05, 0.1) is 12.4 Å². The van der Waals surface area contributed by atoms with Crippen LogP contribution in [0.4, 0.5) is 10.3 Å². The molecular weight excluding hydrogens is 169 g/mol. The van der Waals surface area contributed by atoms with Crippen molar-refractivity contribution in [2.45, 2.75) is 6.92 Å². The van der Waals surface area contributed by atoms with Crippen molar-refractivity contribution in [3.63, 3.8) is 0 Å². The van der Waals surface area contributed by atoms with Gasteiger partial charge in [-0.15, -0.1) is 12.4 Å². The number of nitrogens with zero attached hydrogens (tertiary/aromatic N) is 2. The third-order valence-electron chi connectivity index (χ3n) is 0.955. The molecule has 0 radical (unpaired) electrons. The summed E-state index contributed by atoms with van der Waals surface area (Å²) < 4.78 is 12.2. The van der Waals surface area contributed by atoms with Gasteiger partial charge in [-0.2, -0.15) is 0 Å². The van der Waals surface area contributed by atoms with Gasteiger partial charge in [-0.05, 0) is 6.92 Å². The van der Waals surface area contributed by atoms with E-state index in [0.717, 1.165) is 18.9 Å². The van der Waals surface area contributed by atoms with Gasteiger partial charge in [-0.3, -0.25) is 0 Å². The molecule has 62 valence electrons. The minimum absolute atomic E-state index is 0. The van der Waals surface area contributed by atoms with Crippen LogP contribution in [0.2, 0.25) is 0 Å². The van der Waals surface area contributed by atoms with Crippen LogP contribution in [-0.2, 0) is 0 Å². The van der Waals surface area contributed by atoms with Gasteiger partial charge >= 0.3 is 0 Å². The van der Waals surface area contributed by atoms with Crippen LogP contribution in [-0.4, -0.2) is 16.5 Å². The molecule has 0 aromatic carbocycles. The monoisotopic (exact) mass is 177 g/mol. The minimum atomic E-state index is -0.415. The van der Waals surface area contributed by atoms with Crippen LogP contribution in [0.1, 0.15) is 6.92 Å². The summed E-state index contributed by atoms with van der Waals surface area (Å²) in [6.07, 6.45) is 2.26. The molecule has 1 N–H and O–H groups in total. The molecule has 0 saturated heterocycles. The molecule has 1 aromatic heterocycles. The Balaban J connectivity index is 0.000001000. The predicted molar refractivity (Wildman–Crippen MR) is 43.4 cm³/mol. The van der Waals surface area contributed by atoms with Crippen LogP contribution < -0.4 is 5.32 Å². The Kier molecular flexibility index (Phi) is 4.45. The highest BCUT2D eigenvalue weighted by molar-refractivity contribution is 5.85. The lowest BCUT2D eigenvalue weighted by Crippen LogP contribution is -2.01. The van der Waals surface area contributed by atoms with Crippen molar-refractivity contribution in [1.82, 2.24) is 9.97 Å². The Bertz CT molecular complexity index is 201. The molecule has 0 unspecified atom stereocenters. The molecule has 3 nitrogen and oxygen atoms in total. The lowest BCUT2D eigenvalue weighted by molar-refractivity contribution is 0.614. The molecule has 0 saturated carbocycles. The Morgan fingerprint density at radius 2 is 2.00 bits per heavy atom. The number of nitrogens with one attached hydrogen (secondary N) is 1. The van der Waals surface area contributed by atoms with Crippen molar-refractivity contribution in [3.8, 4) is 0 Å². The molecule has 5 heteroatoms. The summed E-state index contributed by atoms with van der Waals surface area (Å²) in [6.45, 7) is 2.67. The van der Waals surface area contributed by atoms with E-state index < -0.39 is 5.82 Å². The Hall–Kier alpha value is -0.900. The fraction of sp³-hybridized carbons (Fsp3) is 0.333. The molecule has 0 spiro atoms. The molecular formula is C6H9ClFN3. The fourth-order valence-corrected chi connectivity index (χ4v) is 0.562. The first-order valence-electron chi connectivity index (χ1n) is 3.04. The summed E-state index contributed by atoms with van der Waals surface area (Å²) in [5.74, 6) is 0.0468. The van der Waals surface area contributed by atoms with Gasteiger partial charge in [0.1, 0.15) is 0 Å². The first-order chi connectivity index (χ1) is 4.83. The normalized spacial score (nSPS) is 8.55. The van der Waals surface area contributed by atoms with Crippen LogP contribution in [0.3, 0.4) is 0 Å². The number of rotatable bonds is 2. The van der Waals surface area contributed by atoms with E-state index >= 15 is 0 Å². The van der Waals surface area contributed by atoms with Crippen LogP contribution in [0, 0.1) is 5.82 Å². The zero-order valence-electron chi connectivity index (χ0n) is 6.04. The number of hydrogen-bond acceptors (Lipinski definition) is 3. The highest BCUT2D eigenvalue weighted by Crippen LogP contribution is 1.96. The smallest absolute Gasteiger partial charge is 0.222 e. The zero-order chi connectivity index (χ0) is 7.40. The lowest BCUT2D eigenvalue weighted by atomic mass is 10.6. The van der Waals surface area contributed by atoms with Crippen molar-refractivity contribution in [2.24, 2.45) is 0 Å². The fourth-order valence-electron chi connectivity index (χ4n) is 0.562. The standard InChI is InChI=1S/C6H8FN3.ClH/c1-2-8-6-9-3-5(7)4-10-6;/h3-4H,2H2,1H3,(H,8,9,10);1H. The van der Waals surface area contributed by atoms with E-state index in [1.54, 1.807) is 0 Å². The number of hydrogen-bond donors (Lipinski definition) is 1. The molecule has 0 aliphatic heterocycles. The second-order valence-corrected chi connectivity index (χ2v) is 1.76. The molecule has 1 heterocycles. The quantitative estimate of drug-likeness (QED) is 0.744. The van der Waals surface area contributed by atoms with E-state index in [1.165, 1.54) is 0 Å². The Morgan fingerprint density at radius 3 is 2.45 bits per heavy atom. The summed E-state index contributed by atoms with van der Waals surface area (Å²) in [5, 5.41) is 2.85. The van der Waals surface area contributed by atoms with Crippen molar-refractivity contribution in [3.05, 3.63) is 18.2 Å². The molecule has 11 heavy (non-hydrogen) atoms. The summed E-state index contributed by atoms with van der Waals surface area (Å²) in [4.78, 5) is 7.34. The highest BCUT2D eigenvalue weighted by Gasteiger charge is 1.91. The Labute approximate surface area is 70.5 Å². The summed E-state index contributed by atoms with van der Waals surface area (Å²) >= 11 is 0. The van der Waals surface area contributed by atoms with Crippen LogP contribution >= 0.6 is 12.4 Å². The van der Waals surface area contributed by atoms with Crippen molar-refractivity contribution in [2.75, 3.05) is 11.9 Å². The summed E-state index contributed by atoms with van der Waals surface area (Å²) in [6, 6.07) is 0. The molecule has 0 bridgehead atoms. The molecule has 0 fully saturated rings. The molecule has 0 amide bonds. The van der Waals surface area contributed by atoms with Crippen LogP contribution in [0.25, 0.3) is 0 Å². The highest BCUT2D eigenvalue weighted by atomic mass is 35.5. The number of anilines is 1. The maximum absolute atomic E-state index is 12.2. The summed E-state index contributed by atoms with van der Waals surface area (Å²) in [7, 11) is 0. The minimum Gasteiger partial charge on any atom is -0.355 e. The zero-order valence-corrected chi connectivity index (χ0v) is 6.86. The van der Waals surface area contributed by atoms with E-state index in [-0.39, 0.29) is 12.4 Å². The summed E-state index contributed by atoms with van der Waals surface area (Å²) in [5.41, 5.74) is 0. The van der Waals surface area contributed by atoms with Gasteiger partial charge in [-0.25, -0.2) is 14.4 Å². The number of aromatic nitrogens is 2. The predicted octanol–water partition coefficient (Wildman–Crippen LogP) is 1.47. The average Bonchev–Trinajstić information content (AvgIpc) is 1.95. The Morgan fingerprint density at radius 1 is 1.45 bits per heavy atom. The second kappa shape index (κ2) is 4.85. The molecule has 1 aromatic rings. The van der Waals surface area contributed by atoms with E-state index in [9.17, 15) is 4.39 Å². The van der Waals surface area contributed by atoms with Crippen molar-refractivity contribution < 1.29 is 4.39 Å². The second-order valence-electron chi connectivity index (χ2n) is 1.76. The molecule has 0 atom stereocenters. The molecule has 1 rings (SSSR count). The molecule has 0 aliphatic rings. The van der Waals surface area contributed by atoms with Gasteiger partial charge < -0.3 is 5.32 Å². The first kappa shape index (κ1) is 10.1. The van der Waals surface area contributed by atoms with Gasteiger partial charge in [0.15, 0.2) is 5.82 Å². The maximum Gasteiger partial charge on any atom is 0.222 e. The van der Waals surface area contributed by atoms with E-state index in [1.807, 2.05) is 6.92 Å². The van der Waals surface area contributed by atoms with Gasteiger partial charge in [-0.1, -0.05) is 0 Å². The maximum atomic E-state index is 12.2. The lowest BCUT2D eigenvalue weighted by Gasteiger charge is -1.97. The third-order valence-corrected chi connectivity index (χ3v) is 0.955. The van der Waals surface area contributed by atoms with Crippen LogP contribution in [0.5, 0.6) is 0 Å². The third kappa shape index (κ3) is 3.13. The van der Waals surface area contributed by atoms with E-state index in [2.05, 4.69) is 15.3 Å². The van der Waals surface area contributed by atoms with Crippen molar-refractivity contribution in [1.29, 1.82) is 0 Å². The van der Waals surface area contributed by atoms with Crippen molar-refractivity contribution >= 4 is 18.4 Å². The van der Waals surface area contributed by atoms with Gasteiger partial charge in [0.2, 0.25) is 5.95 Å². The number of halogens is 2.